The van der Waals surface area contributed by atoms with Gasteiger partial charge in [-0.15, -0.1) is 0 Å². The summed E-state index contributed by atoms with van der Waals surface area (Å²) in [5.74, 6) is -0.0684. The van der Waals surface area contributed by atoms with Crippen LogP contribution < -0.4 is 5.32 Å². The van der Waals surface area contributed by atoms with E-state index in [-0.39, 0.29) is 41.4 Å². The number of rotatable bonds is 5. The van der Waals surface area contributed by atoms with Gasteiger partial charge in [-0.3, -0.25) is 14.9 Å². The van der Waals surface area contributed by atoms with Crippen LogP contribution in [-0.4, -0.2) is 46.3 Å². The minimum Gasteiger partial charge on any atom is -0.364 e. The highest BCUT2D eigenvalue weighted by molar-refractivity contribution is 6.28. The standard InChI is InChI=1S/C10H14ClN5O3/c1-6-8(16(18)19)9(14-10(11)13-6)12-5-4-7(17)15(2)3/h4-5H2,1-3H3,(H,12,13,14). The highest BCUT2D eigenvalue weighted by Crippen LogP contribution is 2.26. The predicted octanol–water partition coefficient (Wildman–Crippen LogP) is 1.24. The first-order chi connectivity index (χ1) is 8.82. The second-order valence-corrected chi connectivity index (χ2v) is 4.34. The number of carbonyl (C=O) groups excluding carboxylic acids is 1. The molecule has 1 N–H and O–H groups in total. The summed E-state index contributed by atoms with van der Waals surface area (Å²) in [5.41, 5.74) is -0.0619. The number of aryl methyl sites for hydroxylation is 1. The van der Waals surface area contributed by atoms with Crippen LogP contribution in [0, 0.1) is 17.0 Å². The van der Waals surface area contributed by atoms with Crippen molar-refractivity contribution in [3.63, 3.8) is 0 Å². The lowest BCUT2D eigenvalue weighted by Gasteiger charge is -2.11. The number of amides is 1. The third-order valence-corrected chi connectivity index (χ3v) is 2.51. The second-order valence-electron chi connectivity index (χ2n) is 4.00. The SMILES string of the molecule is Cc1nc(Cl)nc(NCCC(=O)N(C)C)c1[N+](=O)[O-]. The molecule has 0 aliphatic carbocycles. The molecule has 0 unspecified atom stereocenters. The number of aromatic nitrogens is 2. The minimum atomic E-state index is -0.582. The highest BCUT2D eigenvalue weighted by atomic mass is 35.5. The van der Waals surface area contributed by atoms with Crippen LogP contribution in [0.15, 0.2) is 0 Å². The van der Waals surface area contributed by atoms with Gasteiger partial charge in [-0.1, -0.05) is 0 Å². The fraction of sp³-hybridized carbons (Fsp3) is 0.500. The summed E-state index contributed by atoms with van der Waals surface area (Å²) in [6, 6.07) is 0. The van der Waals surface area contributed by atoms with Crippen LogP contribution >= 0.6 is 11.6 Å². The van der Waals surface area contributed by atoms with Crippen LogP contribution in [0.3, 0.4) is 0 Å². The molecule has 8 nitrogen and oxygen atoms in total. The highest BCUT2D eigenvalue weighted by Gasteiger charge is 2.21. The molecule has 19 heavy (non-hydrogen) atoms. The molecule has 9 heteroatoms. The fourth-order valence-corrected chi connectivity index (χ4v) is 1.60. The Hall–Kier alpha value is -1.96. The number of nitrogens with zero attached hydrogens (tertiary/aromatic N) is 4. The van der Waals surface area contributed by atoms with Gasteiger partial charge in [-0.05, 0) is 18.5 Å². The van der Waals surface area contributed by atoms with Crippen molar-refractivity contribution in [2.75, 3.05) is 26.0 Å². The van der Waals surface area contributed by atoms with Crippen LogP contribution in [0.1, 0.15) is 12.1 Å². The van der Waals surface area contributed by atoms with Crippen LogP contribution in [0.25, 0.3) is 0 Å². The molecule has 0 saturated carbocycles. The first-order valence-electron chi connectivity index (χ1n) is 5.45. The quantitative estimate of drug-likeness (QED) is 0.496. The summed E-state index contributed by atoms with van der Waals surface area (Å²) in [7, 11) is 3.27. The molecule has 1 aromatic rings. The summed E-state index contributed by atoms with van der Waals surface area (Å²) in [5, 5.41) is 13.6. The van der Waals surface area contributed by atoms with Gasteiger partial charge < -0.3 is 10.2 Å². The van der Waals surface area contributed by atoms with Gasteiger partial charge in [0.1, 0.15) is 5.69 Å². The summed E-state index contributed by atoms with van der Waals surface area (Å²) in [6.45, 7) is 1.70. The zero-order valence-corrected chi connectivity index (χ0v) is 11.6. The first kappa shape index (κ1) is 15.1. The van der Waals surface area contributed by atoms with Gasteiger partial charge in [-0.2, -0.15) is 4.98 Å². The molecule has 0 aliphatic heterocycles. The third kappa shape index (κ3) is 4.02. The minimum absolute atomic E-state index is 0.0223. The number of hydrogen-bond acceptors (Lipinski definition) is 6. The smallest absolute Gasteiger partial charge is 0.332 e. The molecular formula is C10H14ClN5O3. The lowest BCUT2D eigenvalue weighted by molar-refractivity contribution is -0.385. The average molecular weight is 288 g/mol. The molecule has 0 aromatic carbocycles. The topological polar surface area (TPSA) is 101 Å². The van der Waals surface area contributed by atoms with E-state index in [1.165, 1.54) is 11.8 Å². The van der Waals surface area contributed by atoms with Crippen LogP contribution in [0.4, 0.5) is 11.5 Å². The molecule has 0 saturated heterocycles. The van der Waals surface area contributed by atoms with Crippen molar-refractivity contribution in [3.05, 3.63) is 21.1 Å². The van der Waals surface area contributed by atoms with E-state index in [1.54, 1.807) is 14.1 Å². The molecule has 0 aliphatic rings. The van der Waals surface area contributed by atoms with E-state index in [4.69, 9.17) is 11.6 Å². The molecular weight excluding hydrogens is 274 g/mol. The van der Waals surface area contributed by atoms with E-state index in [0.717, 1.165) is 0 Å². The third-order valence-electron chi connectivity index (χ3n) is 2.34. The predicted molar refractivity (Wildman–Crippen MR) is 70.2 cm³/mol. The van der Waals surface area contributed by atoms with E-state index in [9.17, 15) is 14.9 Å². The zero-order chi connectivity index (χ0) is 14.6. The van der Waals surface area contributed by atoms with E-state index in [0.29, 0.717) is 0 Å². The summed E-state index contributed by atoms with van der Waals surface area (Å²) in [6.07, 6.45) is 0.199. The van der Waals surface area contributed by atoms with E-state index in [2.05, 4.69) is 15.3 Å². The van der Waals surface area contributed by atoms with Gasteiger partial charge >= 0.3 is 5.69 Å². The lowest BCUT2D eigenvalue weighted by atomic mass is 10.3. The van der Waals surface area contributed by atoms with Crippen molar-refractivity contribution in [1.29, 1.82) is 0 Å². The Morgan fingerprint density at radius 3 is 2.63 bits per heavy atom. The van der Waals surface area contributed by atoms with Crippen molar-refractivity contribution < 1.29 is 9.72 Å². The number of carbonyl (C=O) groups is 1. The lowest BCUT2D eigenvalue weighted by Crippen LogP contribution is -2.24. The van der Waals surface area contributed by atoms with Crippen molar-refractivity contribution in [3.8, 4) is 0 Å². The van der Waals surface area contributed by atoms with Gasteiger partial charge in [0, 0.05) is 27.1 Å². The molecule has 1 amide bonds. The first-order valence-corrected chi connectivity index (χ1v) is 5.83. The molecule has 0 atom stereocenters. The molecule has 1 aromatic heterocycles. The number of nitrogens with one attached hydrogen (secondary N) is 1. The number of hydrogen-bond donors (Lipinski definition) is 1. The Kier molecular flexibility index (Phi) is 4.99. The fourth-order valence-electron chi connectivity index (χ4n) is 1.39. The maximum Gasteiger partial charge on any atom is 0.332 e. The molecule has 0 bridgehead atoms. The van der Waals surface area contributed by atoms with E-state index in [1.807, 2.05) is 0 Å². The van der Waals surface area contributed by atoms with Gasteiger partial charge in [-0.25, -0.2) is 4.98 Å². The molecule has 1 rings (SSSR count). The van der Waals surface area contributed by atoms with Crippen molar-refractivity contribution in [1.82, 2.24) is 14.9 Å². The van der Waals surface area contributed by atoms with E-state index < -0.39 is 4.92 Å². The maximum absolute atomic E-state index is 11.4. The Balaban J connectivity index is 2.83. The molecule has 104 valence electrons. The number of halogens is 1. The van der Waals surface area contributed by atoms with Crippen molar-refractivity contribution in [2.45, 2.75) is 13.3 Å². The summed E-state index contributed by atoms with van der Waals surface area (Å²) >= 11 is 5.66. The van der Waals surface area contributed by atoms with Crippen LogP contribution in [0.5, 0.6) is 0 Å². The summed E-state index contributed by atoms with van der Waals surface area (Å²) in [4.78, 5) is 30.7. The molecule has 0 fully saturated rings. The molecule has 1 heterocycles. The van der Waals surface area contributed by atoms with Crippen molar-refractivity contribution in [2.24, 2.45) is 0 Å². The van der Waals surface area contributed by atoms with Gasteiger partial charge in [0.15, 0.2) is 0 Å². The van der Waals surface area contributed by atoms with Gasteiger partial charge in [0.2, 0.25) is 17.0 Å². The normalized spacial score (nSPS) is 10.1. The monoisotopic (exact) mass is 287 g/mol. The van der Waals surface area contributed by atoms with Crippen molar-refractivity contribution >= 4 is 29.0 Å². The Labute approximate surface area is 114 Å². The average Bonchev–Trinajstić information content (AvgIpc) is 2.26. The molecule has 0 spiro atoms. The Morgan fingerprint density at radius 2 is 2.11 bits per heavy atom. The second kappa shape index (κ2) is 6.28. The van der Waals surface area contributed by atoms with E-state index >= 15 is 0 Å². The summed E-state index contributed by atoms with van der Waals surface area (Å²) < 4.78 is 0. The number of anilines is 1. The Bertz CT molecular complexity index is 506. The van der Waals surface area contributed by atoms with Crippen LogP contribution in [-0.2, 0) is 4.79 Å². The van der Waals surface area contributed by atoms with Crippen LogP contribution in [0.2, 0.25) is 5.28 Å². The molecule has 0 radical (unpaired) electrons. The van der Waals surface area contributed by atoms with Gasteiger partial charge in [0.05, 0.1) is 4.92 Å². The Morgan fingerprint density at radius 1 is 1.47 bits per heavy atom. The number of nitro groups is 1. The largest absolute Gasteiger partial charge is 0.364 e. The zero-order valence-electron chi connectivity index (χ0n) is 10.8. The van der Waals surface area contributed by atoms with Gasteiger partial charge in [0.25, 0.3) is 0 Å². The maximum atomic E-state index is 11.4.